The van der Waals surface area contributed by atoms with Gasteiger partial charge in [0.25, 0.3) is 0 Å². The molecule has 1 nitrogen and oxygen atoms in total. The number of aldehydes is 1. The van der Waals surface area contributed by atoms with Crippen LogP contribution in [0.5, 0.6) is 0 Å². The Labute approximate surface area is 196 Å². The van der Waals surface area contributed by atoms with E-state index < -0.39 is 0 Å². The average Bonchev–Trinajstić information content (AvgIpc) is 2.87. The van der Waals surface area contributed by atoms with Crippen molar-refractivity contribution in [2.75, 3.05) is 0 Å². The molecule has 1 heteroatoms. The zero-order chi connectivity index (χ0) is 22.9. The second-order valence-electron chi connectivity index (χ2n) is 8.21. The maximum Gasteiger partial charge on any atom is 0.143 e. The van der Waals surface area contributed by atoms with Gasteiger partial charge in [-0.2, -0.15) is 0 Å². The number of benzene rings is 4. The fourth-order valence-corrected chi connectivity index (χ4v) is 4.03. The van der Waals surface area contributed by atoms with E-state index in [0.717, 1.165) is 41.4 Å². The van der Waals surface area contributed by atoms with Crippen molar-refractivity contribution >= 4 is 17.9 Å². The fourth-order valence-electron chi connectivity index (χ4n) is 4.03. The second-order valence-corrected chi connectivity index (χ2v) is 8.21. The fraction of sp³-hybridized carbons (Fsp3) is 0.0938. The van der Waals surface area contributed by atoms with E-state index >= 15 is 0 Å². The van der Waals surface area contributed by atoms with E-state index in [4.69, 9.17) is 0 Å². The van der Waals surface area contributed by atoms with Crippen LogP contribution >= 0.6 is 0 Å². The first-order valence-corrected chi connectivity index (χ1v) is 11.4. The van der Waals surface area contributed by atoms with Crippen LogP contribution < -0.4 is 0 Å². The lowest BCUT2D eigenvalue weighted by Gasteiger charge is -2.07. The molecule has 0 fully saturated rings. The van der Waals surface area contributed by atoms with Gasteiger partial charge >= 0.3 is 0 Å². The Morgan fingerprint density at radius 3 is 2.15 bits per heavy atom. The molecule has 4 rings (SSSR count). The molecule has 0 N–H and O–H groups in total. The van der Waals surface area contributed by atoms with Gasteiger partial charge in [-0.05, 0) is 70.4 Å². The normalized spacial score (nSPS) is 11.6. The Bertz CT molecular complexity index is 1260. The van der Waals surface area contributed by atoms with E-state index in [1.807, 2.05) is 24.3 Å². The Kier molecular flexibility index (Phi) is 7.45. The zero-order valence-corrected chi connectivity index (χ0v) is 18.9. The Hall–Kier alpha value is -3.97. The van der Waals surface area contributed by atoms with E-state index in [2.05, 4.69) is 97.9 Å². The van der Waals surface area contributed by atoms with Gasteiger partial charge in [0.2, 0.25) is 0 Å². The van der Waals surface area contributed by atoms with E-state index in [9.17, 15) is 4.79 Å². The number of aryl methyl sites for hydroxylation is 3. The molecule has 0 saturated heterocycles. The molecule has 4 aromatic carbocycles. The second kappa shape index (κ2) is 11.1. The summed E-state index contributed by atoms with van der Waals surface area (Å²) >= 11 is 0. The van der Waals surface area contributed by atoms with Gasteiger partial charge in [-0.15, -0.1) is 0 Å². The third kappa shape index (κ3) is 6.05. The first kappa shape index (κ1) is 22.2. The van der Waals surface area contributed by atoms with Gasteiger partial charge in [0, 0.05) is 0 Å². The van der Waals surface area contributed by atoms with Crippen LogP contribution in [-0.4, -0.2) is 6.29 Å². The average molecular weight is 429 g/mol. The lowest BCUT2D eigenvalue weighted by Crippen LogP contribution is -1.92. The topological polar surface area (TPSA) is 17.1 Å². The molecule has 0 aliphatic rings. The summed E-state index contributed by atoms with van der Waals surface area (Å²) in [5.41, 5.74) is 9.44. The SMILES string of the molecule is Cc1ccccc1C(/C=C\c1cccc(CCc2ccc(-c3ccccc3)cc2)c1)=C\C=O. The van der Waals surface area contributed by atoms with Crippen LogP contribution in [0.25, 0.3) is 22.8 Å². The maximum atomic E-state index is 11.2. The maximum absolute atomic E-state index is 11.2. The molecule has 0 saturated carbocycles. The Morgan fingerprint density at radius 1 is 0.697 bits per heavy atom. The van der Waals surface area contributed by atoms with Crippen molar-refractivity contribution in [1.82, 2.24) is 0 Å². The predicted octanol–water partition coefficient (Wildman–Crippen LogP) is 7.74. The molecular formula is C32H28O. The molecule has 33 heavy (non-hydrogen) atoms. The lowest BCUT2D eigenvalue weighted by atomic mass is 9.98. The molecular weight excluding hydrogens is 400 g/mol. The lowest BCUT2D eigenvalue weighted by molar-refractivity contribution is -0.104. The highest BCUT2D eigenvalue weighted by molar-refractivity contribution is 5.89. The smallest absolute Gasteiger partial charge is 0.143 e. The molecule has 0 radical (unpaired) electrons. The van der Waals surface area contributed by atoms with Crippen molar-refractivity contribution < 1.29 is 4.79 Å². The minimum atomic E-state index is 0.853. The largest absolute Gasteiger partial charge is 0.299 e. The molecule has 0 atom stereocenters. The van der Waals surface area contributed by atoms with Gasteiger partial charge < -0.3 is 0 Å². The highest BCUT2D eigenvalue weighted by atomic mass is 16.1. The van der Waals surface area contributed by atoms with Crippen LogP contribution in [0, 0.1) is 6.92 Å². The summed E-state index contributed by atoms with van der Waals surface area (Å²) in [6.07, 6.45) is 8.58. The van der Waals surface area contributed by atoms with Gasteiger partial charge in [0.05, 0.1) is 0 Å². The highest BCUT2D eigenvalue weighted by Gasteiger charge is 2.02. The van der Waals surface area contributed by atoms with E-state index in [0.29, 0.717) is 0 Å². The molecule has 0 amide bonds. The molecule has 0 aromatic heterocycles. The van der Waals surface area contributed by atoms with Gasteiger partial charge in [0.15, 0.2) is 0 Å². The van der Waals surface area contributed by atoms with Crippen molar-refractivity contribution in [3.05, 3.63) is 143 Å². The van der Waals surface area contributed by atoms with Crippen LogP contribution in [0.3, 0.4) is 0 Å². The number of hydrogen-bond donors (Lipinski definition) is 0. The Balaban J connectivity index is 1.43. The number of hydrogen-bond acceptors (Lipinski definition) is 1. The number of allylic oxidation sites excluding steroid dienone is 3. The van der Waals surface area contributed by atoms with E-state index in [1.165, 1.54) is 22.3 Å². The summed E-state index contributed by atoms with van der Waals surface area (Å²) in [5, 5.41) is 0. The molecule has 0 heterocycles. The molecule has 0 unspecified atom stereocenters. The summed E-state index contributed by atoms with van der Waals surface area (Å²) in [6, 6.07) is 36.1. The molecule has 4 aromatic rings. The third-order valence-corrected chi connectivity index (χ3v) is 5.87. The third-order valence-electron chi connectivity index (χ3n) is 5.87. The van der Waals surface area contributed by atoms with Crippen molar-refractivity contribution in [2.24, 2.45) is 0 Å². The van der Waals surface area contributed by atoms with Crippen LogP contribution in [0.4, 0.5) is 0 Å². The van der Waals surface area contributed by atoms with Crippen molar-refractivity contribution in [3.8, 4) is 11.1 Å². The minimum Gasteiger partial charge on any atom is -0.299 e. The highest BCUT2D eigenvalue weighted by Crippen LogP contribution is 2.22. The molecule has 0 aliphatic heterocycles. The summed E-state index contributed by atoms with van der Waals surface area (Å²) in [7, 11) is 0. The summed E-state index contributed by atoms with van der Waals surface area (Å²) < 4.78 is 0. The standard InChI is InChI=1S/C32H28O/c1-25-8-5-6-13-32(25)31(22-23-33)21-18-28-10-7-9-27(24-28)15-14-26-16-19-30(20-17-26)29-11-3-2-4-12-29/h2-13,16-24H,14-15H2,1H3/b21-18-,31-22-. The number of carbonyl (C=O) groups excluding carboxylic acids is 1. The molecule has 0 bridgehead atoms. The van der Waals surface area contributed by atoms with Crippen molar-refractivity contribution in [1.29, 1.82) is 0 Å². The van der Waals surface area contributed by atoms with Crippen molar-refractivity contribution in [2.45, 2.75) is 19.8 Å². The molecule has 0 spiro atoms. The number of rotatable bonds is 8. The molecule has 0 aliphatic carbocycles. The van der Waals surface area contributed by atoms with Crippen LogP contribution in [0.15, 0.2) is 115 Å². The quantitative estimate of drug-likeness (QED) is 0.159. The van der Waals surface area contributed by atoms with Crippen molar-refractivity contribution in [3.63, 3.8) is 0 Å². The van der Waals surface area contributed by atoms with Gasteiger partial charge in [-0.25, -0.2) is 0 Å². The Morgan fingerprint density at radius 2 is 1.39 bits per heavy atom. The van der Waals surface area contributed by atoms with Crippen LogP contribution in [0.1, 0.15) is 27.8 Å². The predicted molar refractivity (Wildman–Crippen MR) is 140 cm³/mol. The summed E-state index contributed by atoms with van der Waals surface area (Å²) in [4.78, 5) is 11.2. The molecule has 162 valence electrons. The van der Waals surface area contributed by atoms with Gasteiger partial charge in [0.1, 0.15) is 6.29 Å². The minimum absolute atomic E-state index is 0.853. The van der Waals surface area contributed by atoms with Crippen LogP contribution in [0.2, 0.25) is 0 Å². The number of carbonyl (C=O) groups is 1. The summed E-state index contributed by atoms with van der Waals surface area (Å²) in [5.74, 6) is 0. The monoisotopic (exact) mass is 428 g/mol. The summed E-state index contributed by atoms with van der Waals surface area (Å²) in [6.45, 7) is 2.06. The van der Waals surface area contributed by atoms with Gasteiger partial charge in [-0.3, -0.25) is 4.79 Å². The first-order valence-electron chi connectivity index (χ1n) is 11.4. The zero-order valence-electron chi connectivity index (χ0n) is 18.9. The first-order chi connectivity index (χ1) is 16.2. The van der Waals surface area contributed by atoms with Gasteiger partial charge in [-0.1, -0.05) is 115 Å². The van der Waals surface area contributed by atoms with E-state index in [-0.39, 0.29) is 0 Å². The van der Waals surface area contributed by atoms with E-state index in [1.54, 1.807) is 6.08 Å². The van der Waals surface area contributed by atoms with Crippen LogP contribution in [-0.2, 0) is 17.6 Å².